The molecule has 0 aliphatic carbocycles. The van der Waals surface area contributed by atoms with Crippen LogP contribution in [0.4, 0.5) is 4.39 Å². The summed E-state index contributed by atoms with van der Waals surface area (Å²) >= 11 is 8.33. The number of rotatable bonds is 2. The van der Waals surface area contributed by atoms with Gasteiger partial charge in [0.15, 0.2) is 0 Å². The fraction of sp³-hybridized carbons (Fsp3) is 0. The second-order valence-corrected chi connectivity index (χ2v) is 6.80. The van der Waals surface area contributed by atoms with Gasteiger partial charge in [0, 0.05) is 25.5 Å². The molecule has 0 atom stereocenters. The number of benzene rings is 2. The van der Waals surface area contributed by atoms with E-state index in [0.29, 0.717) is 4.47 Å². The van der Waals surface area contributed by atoms with Crippen molar-refractivity contribution in [3.05, 3.63) is 62.6 Å². The van der Waals surface area contributed by atoms with Crippen molar-refractivity contribution >= 4 is 43.2 Å². The molecule has 0 amide bonds. The Labute approximate surface area is 136 Å². The lowest BCUT2D eigenvalue weighted by Gasteiger charge is -2.00. The summed E-state index contributed by atoms with van der Waals surface area (Å²) < 4.78 is 15.2. The average molecular weight is 413 g/mol. The normalized spacial score (nSPS) is 10.8. The van der Waals surface area contributed by atoms with Crippen LogP contribution in [0.3, 0.4) is 0 Å². The predicted octanol–water partition coefficient (Wildman–Crippen LogP) is 6.14. The molecule has 1 nitrogen and oxygen atoms in total. The number of nitrogens with zero attached hydrogens (tertiary/aromatic N) is 1. The second-order valence-electron chi connectivity index (χ2n) is 4.18. The Bertz CT molecular complexity index is 750. The van der Waals surface area contributed by atoms with Crippen molar-refractivity contribution in [3.8, 4) is 21.8 Å². The molecule has 0 aliphatic heterocycles. The molecule has 0 saturated heterocycles. The van der Waals surface area contributed by atoms with Crippen LogP contribution in [0.5, 0.6) is 0 Å². The van der Waals surface area contributed by atoms with E-state index in [9.17, 15) is 4.39 Å². The molecule has 3 aromatic rings. The molecule has 0 radical (unpaired) electrons. The van der Waals surface area contributed by atoms with Crippen molar-refractivity contribution in [3.63, 3.8) is 0 Å². The minimum absolute atomic E-state index is 0.271. The van der Waals surface area contributed by atoms with Gasteiger partial charge in [0.05, 0.1) is 5.69 Å². The van der Waals surface area contributed by atoms with Crippen molar-refractivity contribution in [2.45, 2.75) is 0 Å². The molecule has 0 fully saturated rings. The Kier molecular flexibility index (Phi) is 4.01. The molecule has 0 saturated carbocycles. The van der Waals surface area contributed by atoms with Crippen molar-refractivity contribution in [2.24, 2.45) is 0 Å². The maximum atomic E-state index is 13.4. The van der Waals surface area contributed by atoms with Gasteiger partial charge in [0.25, 0.3) is 0 Å². The lowest BCUT2D eigenvalue weighted by atomic mass is 10.2. The van der Waals surface area contributed by atoms with E-state index in [2.05, 4.69) is 36.8 Å². The van der Waals surface area contributed by atoms with E-state index >= 15 is 0 Å². The third-order valence-electron chi connectivity index (χ3n) is 2.76. The molecule has 0 N–H and O–H groups in total. The van der Waals surface area contributed by atoms with Gasteiger partial charge in [-0.2, -0.15) is 0 Å². The van der Waals surface area contributed by atoms with E-state index in [1.807, 2.05) is 35.7 Å². The molecule has 0 bridgehead atoms. The number of hydrogen-bond donors (Lipinski definition) is 0. The van der Waals surface area contributed by atoms with E-state index in [4.69, 9.17) is 0 Å². The highest BCUT2D eigenvalue weighted by Gasteiger charge is 2.10. The Balaban J connectivity index is 2.04. The molecule has 100 valence electrons. The molecule has 20 heavy (non-hydrogen) atoms. The largest absolute Gasteiger partial charge is 0.236 e. The fourth-order valence-electron chi connectivity index (χ4n) is 1.88. The highest BCUT2D eigenvalue weighted by molar-refractivity contribution is 9.10. The van der Waals surface area contributed by atoms with Crippen LogP contribution in [0.1, 0.15) is 0 Å². The smallest absolute Gasteiger partial charge is 0.125 e. The molecular weight excluding hydrogens is 405 g/mol. The molecule has 0 spiro atoms. The number of halogens is 3. The number of aromatic nitrogens is 1. The average Bonchev–Trinajstić information content (AvgIpc) is 2.87. The van der Waals surface area contributed by atoms with Gasteiger partial charge in [-0.25, -0.2) is 9.37 Å². The van der Waals surface area contributed by atoms with Crippen LogP contribution in [0, 0.1) is 5.82 Å². The Morgan fingerprint density at radius 3 is 2.60 bits per heavy atom. The van der Waals surface area contributed by atoms with Crippen LogP contribution in [0.25, 0.3) is 21.8 Å². The molecule has 3 rings (SSSR count). The van der Waals surface area contributed by atoms with E-state index < -0.39 is 0 Å². The first kappa shape index (κ1) is 13.9. The highest BCUT2D eigenvalue weighted by Crippen LogP contribution is 2.33. The van der Waals surface area contributed by atoms with Gasteiger partial charge < -0.3 is 0 Å². The number of hydrogen-bond acceptors (Lipinski definition) is 2. The zero-order valence-electron chi connectivity index (χ0n) is 10.1. The monoisotopic (exact) mass is 411 g/mol. The van der Waals surface area contributed by atoms with E-state index in [-0.39, 0.29) is 5.82 Å². The van der Waals surface area contributed by atoms with Crippen LogP contribution < -0.4 is 0 Å². The van der Waals surface area contributed by atoms with Gasteiger partial charge in [-0.05, 0) is 24.3 Å². The first-order valence-electron chi connectivity index (χ1n) is 5.80. The van der Waals surface area contributed by atoms with Crippen LogP contribution >= 0.6 is 43.2 Å². The van der Waals surface area contributed by atoms with E-state index in [0.717, 1.165) is 26.3 Å². The van der Waals surface area contributed by atoms with Crippen LogP contribution in [-0.2, 0) is 0 Å². The summed E-state index contributed by atoms with van der Waals surface area (Å²) in [5.74, 6) is -0.271. The predicted molar refractivity (Wildman–Crippen MR) is 88.3 cm³/mol. The second kappa shape index (κ2) is 5.76. The minimum atomic E-state index is -0.271. The highest BCUT2D eigenvalue weighted by atomic mass is 79.9. The summed E-state index contributed by atoms with van der Waals surface area (Å²) in [4.78, 5) is 4.59. The van der Waals surface area contributed by atoms with Crippen molar-refractivity contribution in [1.82, 2.24) is 4.98 Å². The van der Waals surface area contributed by atoms with Gasteiger partial charge in [0.2, 0.25) is 0 Å². The van der Waals surface area contributed by atoms with Crippen molar-refractivity contribution < 1.29 is 4.39 Å². The molecule has 0 unspecified atom stereocenters. The summed E-state index contributed by atoms with van der Waals surface area (Å²) in [6, 6.07) is 12.7. The lowest BCUT2D eigenvalue weighted by molar-refractivity contribution is 0.627. The SMILES string of the molecule is Fc1cc(Br)cc(-c2nc(-c3ccccc3Br)cs2)c1. The fourth-order valence-corrected chi connectivity index (χ4v) is 3.64. The van der Waals surface area contributed by atoms with Crippen molar-refractivity contribution in [2.75, 3.05) is 0 Å². The maximum Gasteiger partial charge on any atom is 0.125 e. The Hall–Kier alpha value is -1.04. The summed E-state index contributed by atoms with van der Waals surface area (Å²) in [5.41, 5.74) is 2.70. The Morgan fingerprint density at radius 1 is 1.05 bits per heavy atom. The summed E-state index contributed by atoms with van der Waals surface area (Å²) in [5, 5.41) is 2.78. The van der Waals surface area contributed by atoms with Gasteiger partial charge in [0.1, 0.15) is 10.8 Å². The molecule has 1 heterocycles. The van der Waals surface area contributed by atoms with Gasteiger partial charge in [-0.3, -0.25) is 0 Å². The zero-order valence-corrected chi connectivity index (χ0v) is 14.1. The van der Waals surface area contributed by atoms with E-state index in [1.54, 1.807) is 0 Å². The van der Waals surface area contributed by atoms with Gasteiger partial charge >= 0.3 is 0 Å². The van der Waals surface area contributed by atoms with E-state index in [1.165, 1.54) is 23.5 Å². The molecule has 0 aliphatic rings. The van der Waals surface area contributed by atoms with Crippen LogP contribution in [-0.4, -0.2) is 4.98 Å². The van der Waals surface area contributed by atoms with Crippen LogP contribution in [0.15, 0.2) is 56.8 Å². The van der Waals surface area contributed by atoms with Gasteiger partial charge in [-0.1, -0.05) is 50.1 Å². The molecule has 5 heteroatoms. The first-order chi connectivity index (χ1) is 9.63. The lowest BCUT2D eigenvalue weighted by Crippen LogP contribution is -1.82. The maximum absolute atomic E-state index is 13.4. The Morgan fingerprint density at radius 2 is 1.85 bits per heavy atom. The summed E-state index contributed by atoms with van der Waals surface area (Å²) in [6.07, 6.45) is 0. The third kappa shape index (κ3) is 2.85. The summed E-state index contributed by atoms with van der Waals surface area (Å²) in [6.45, 7) is 0. The minimum Gasteiger partial charge on any atom is -0.236 e. The quantitative estimate of drug-likeness (QED) is 0.492. The summed E-state index contributed by atoms with van der Waals surface area (Å²) in [7, 11) is 0. The standard InChI is InChI=1S/C15H8Br2FNS/c16-10-5-9(6-11(18)7-10)15-19-14(8-20-15)12-3-1-2-4-13(12)17/h1-8H. The molecular formula is C15H8Br2FNS. The van der Waals surface area contributed by atoms with Crippen LogP contribution in [0.2, 0.25) is 0 Å². The van der Waals surface area contributed by atoms with Crippen molar-refractivity contribution in [1.29, 1.82) is 0 Å². The molecule has 2 aromatic carbocycles. The van der Waals surface area contributed by atoms with Gasteiger partial charge in [-0.15, -0.1) is 11.3 Å². The molecule has 1 aromatic heterocycles. The topological polar surface area (TPSA) is 12.9 Å². The zero-order chi connectivity index (χ0) is 14.1. The number of thiazole rings is 1. The first-order valence-corrected chi connectivity index (χ1v) is 8.27. The third-order valence-corrected chi connectivity index (χ3v) is 4.80.